The van der Waals surface area contributed by atoms with Gasteiger partial charge in [-0.15, -0.1) is 0 Å². The van der Waals surface area contributed by atoms with E-state index < -0.39 is 0 Å². The van der Waals surface area contributed by atoms with Crippen molar-refractivity contribution in [2.75, 3.05) is 0 Å². The van der Waals surface area contributed by atoms with Crippen molar-refractivity contribution in [1.82, 2.24) is 0 Å². The van der Waals surface area contributed by atoms with Gasteiger partial charge in [0.2, 0.25) is 0 Å². The fraction of sp³-hybridized carbons (Fsp3) is 1.00. The van der Waals surface area contributed by atoms with E-state index in [2.05, 4.69) is 20.8 Å². The molecule has 3 heteroatoms. The Bertz CT molecular complexity index is 76.8. The molecule has 0 aromatic rings. The highest BCUT2D eigenvalue weighted by Crippen LogP contribution is 2.26. The Hall–Kier alpha value is 0.400. The molecule has 2 unspecified atom stereocenters. The van der Waals surface area contributed by atoms with Crippen molar-refractivity contribution in [2.24, 2.45) is 0 Å². The summed E-state index contributed by atoms with van der Waals surface area (Å²) in [5, 5.41) is 8.16. The summed E-state index contributed by atoms with van der Waals surface area (Å²) in [5.74, 6) is 0. The smallest absolute Gasteiger partial charge is 0.0938 e. The van der Waals surface area contributed by atoms with Crippen molar-refractivity contribution in [3.8, 4) is 0 Å². The Morgan fingerprint density at radius 2 is 2.25 bits per heavy atom. The highest BCUT2D eigenvalue weighted by molar-refractivity contribution is 9.09. The van der Waals surface area contributed by atoms with Gasteiger partial charge in [-0.1, -0.05) is 15.9 Å². The van der Waals surface area contributed by atoms with Crippen molar-refractivity contribution in [3.63, 3.8) is 0 Å². The summed E-state index contributed by atoms with van der Waals surface area (Å²) in [6.07, 6.45) is 3.12. The molecule has 0 saturated heterocycles. The van der Waals surface area contributed by atoms with Crippen LogP contribution in [0.3, 0.4) is 0 Å². The lowest BCUT2D eigenvalue weighted by molar-refractivity contribution is -0.276. The van der Waals surface area contributed by atoms with Crippen molar-refractivity contribution in [3.05, 3.63) is 0 Å². The minimum atomic E-state index is 0.0828. The third-order valence-corrected chi connectivity index (χ3v) is 2.30. The Morgan fingerprint density at radius 3 is 2.50 bits per heavy atom. The van der Waals surface area contributed by atoms with E-state index in [1.54, 1.807) is 0 Å². The second kappa shape index (κ2) is 2.80. The van der Waals surface area contributed by atoms with Crippen LogP contribution < -0.4 is 0 Å². The average Bonchev–Trinajstić information content (AvgIpc) is 2.14. The average molecular weight is 181 g/mol. The molecule has 1 aliphatic rings. The van der Waals surface area contributed by atoms with Crippen molar-refractivity contribution < 1.29 is 10.1 Å². The second-order valence-electron chi connectivity index (χ2n) is 2.14. The van der Waals surface area contributed by atoms with E-state index in [9.17, 15) is 0 Å². The Balaban J connectivity index is 2.22. The highest BCUT2D eigenvalue weighted by atomic mass is 79.9. The third-order valence-electron chi connectivity index (χ3n) is 1.47. The molecule has 0 amide bonds. The highest BCUT2D eigenvalue weighted by Gasteiger charge is 2.22. The molecule has 0 spiro atoms. The largest absolute Gasteiger partial charge is 0.252 e. The summed E-state index contributed by atoms with van der Waals surface area (Å²) in [6.45, 7) is 0. The zero-order valence-corrected chi connectivity index (χ0v) is 6.10. The van der Waals surface area contributed by atoms with Gasteiger partial charge in [0.05, 0.1) is 6.10 Å². The second-order valence-corrected chi connectivity index (χ2v) is 3.43. The molecule has 1 rings (SSSR count). The van der Waals surface area contributed by atoms with Gasteiger partial charge in [-0.3, -0.25) is 5.26 Å². The Kier molecular flexibility index (Phi) is 2.28. The third kappa shape index (κ3) is 1.44. The van der Waals surface area contributed by atoms with Crippen molar-refractivity contribution >= 4 is 15.9 Å². The first-order valence-corrected chi connectivity index (χ1v) is 3.69. The van der Waals surface area contributed by atoms with Crippen LogP contribution in [0.1, 0.15) is 19.3 Å². The maximum atomic E-state index is 8.16. The summed E-state index contributed by atoms with van der Waals surface area (Å²) < 4.78 is 0. The van der Waals surface area contributed by atoms with E-state index in [1.807, 2.05) is 0 Å². The number of rotatable bonds is 1. The van der Waals surface area contributed by atoms with E-state index in [1.165, 1.54) is 0 Å². The van der Waals surface area contributed by atoms with Gasteiger partial charge < -0.3 is 0 Å². The van der Waals surface area contributed by atoms with E-state index in [0.29, 0.717) is 4.83 Å². The van der Waals surface area contributed by atoms with Gasteiger partial charge in [0, 0.05) is 4.83 Å². The number of hydrogen-bond acceptors (Lipinski definition) is 2. The van der Waals surface area contributed by atoms with E-state index in [-0.39, 0.29) is 6.10 Å². The van der Waals surface area contributed by atoms with Gasteiger partial charge >= 0.3 is 0 Å². The van der Waals surface area contributed by atoms with Crippen molar-refractivity contribution in [2.45, 2.75) is 30.2 Å². The lowest BCUT2D eigenvalue weighted by Crippen LogP contribution is -2.04. The maximum absolute atomic E-state index is 8.16. The molecule has 0 radical (unpaired) electrons. The Labute approximate surface area is 56.9 Å². The minimum Gasteiger partial charge on any atom is -0.252 e. The normalized spacial score (nSPS) is 38.2. The summed E-state index contributed by atoms with van der Waals surface area (Å²) in [4.78, 5) is 4.71. The first kappa shape index (κ1) is 6.52. The van der Waals surface area contributed by atoms with Crippen LogP contribution in [-0.2, 0) is 4.89 Å². The standard InChI is InChI=1S/C5H9BrO2/c6-4-1-2-5(3-4)8-7/h4-5,7H,1-3H2. The minimum absolute atomic E-state index is 0.0828. The molecule has 8 heavy (non-hydrogen) atoms. The molecular formula is C5H9BrO2. The van der Waals surface area contributed by atoms with Gasteiger partial charge in [-0.05, 0) is 19.3 Å². The Morgan fingerprint density at radius 1 is 1.50 bits per heavy atom. The number of halogens is 1. The lowest BCUT2D eigenvalue weighted by atomic mass is 10.3. The van der Waals surface area contributed by atoms with Crippen molar-refractivity contribution in [1.29, 1.82) is 0 Å². The SMILES string of the molecule is OOC1CCC(Br)C1. The summed E-state index contributed by atoms with van der Waals surface area (Å²) in [6, 6.07) is 0. The van der Waals surface area contributed by atoms with Crippen LogP contribution in [0.15, 0.2) is 0 Å². The number of hydrogen-bond donors (Lipinski definition) is 1. The van der Waals surface area contributed by atoms with E-state index >= 15 is 0 Å². The van der Waals surface area contributed by atoms with Crippen LogP contribution in [0.5, 0.6) is 0 Å². The zero-order valence-electron chi connectivity index (χ0n) is 4.51. The molecule has 2 atom stereocenters. The molecule has 1 N–H and O–H groups in total. The van der Waals surface area contributed by atoms with E-state index in [0.717, 1.165) is 19.3 Å². The molecule has 0 aliphatic heterocycles. The van der Waals surface area contributed by atoms with Crippen LogP contribution in [0.25, 0.3) is 0 Å². The van der Waals surface area contributed by atoms with Gasteiger partial charge in [0.25, 0.3) is 0 Å². The fourth-order valence-corrected chi connectivity index (χ4v) is 1.66. The van der Waals surface area contributed by atoms with E-state index in [4.69, 9.17) is 5.26 Å². The molecular weight excluding hydrogens is 172 g/mol. The zero-order chi connectivity index (χ0) is 5.98. The van der Waals surface area contributed by atoms with Crippen LogP contribution in [0, 0.1) is 0 Å². The van der Waals surface area contributed by atoms with Gasteiger partial charge in [-0.2, -0.15) is 0 Å². The lowest BCUT2D eigenvalue weighted by Gasteiger charge is -2.00. The molecule has 0 aromatic heterocycles. The molecule has 1 saturated carbocycles. The maximum Gasteiger partial charge on any atom is 0.0938 e. The summed E-state index contributed by atoms with van der Waals surface area (Å²) in [5.41, 5.74) is 0. The predicted molar refractivity (Wildman–Crippen MR) is 34.1 cm³/mol. The molecule has 1 aliphatic carbocycles. The quantitative estimate of drug-likeness (QED) is 0.379. The van der Waals surface area contributed by atoms with Gasteiger partial charge in [-0.25, -0.2) is 4.89 Å². The first-order chi connectivity index (χ1) is 3.83. The van der Waals surface area contributed by atoms with Crippen LogP contribution >= 0.6 is 15.9 Å². The van der Waals surface area contributed by atoms with Crippen LogP contribution in [0.2, 0.25) is 0 Å². The molecule has 0 aromatic carbocycles. The molecule has 1 fully saturated rings. The molecule has 0 bridgehead atoms. The topological polar surface area (TPSA) is 29.5 Å². The van der Waals surface area contributed by atoms with Gasteiger partial charge in [0.1, 0.15) is 0 Å². The molecule has 48 valence electrons. The monoisotopic (exact) mass is 180 g/mol. The van der Waals surface area contributed by atoms with Gasteiger partial charge in [0.15, 0.2) is 0 Å². The summed E-state index contributed by atoms with van der Waals surface area (Å²) >= 11 is 3.43. The molecule has 2 nitrogen and oxygen atoms in total. The molecule has 0 heterocycles. The fourth-order valence-electron chi connectivity index (χ4n) is 0.983. The predicted octanol–water partition coefficient (Wildman–Crippen LogP) is 1.79. The first-order valence-electron chi connectivity index (χ1n) is 2.77. The summed E-state index contributed by atoms with van der Waals surface area (Å²) in [7, 11) is 0. The van der Waals surface area contributed by atoms with Crippen LogP contribution in [-0.4, -0.2) is 16.2 Å². The van der Waals surface area contributed by atoms with Crippen LogP contribution in [0.4, 0.5) is 0 Å². The number of alkyl halides is 1.